The van der Waals surface area contributed by atoms with Crippen molar-refractivity contribution >= 4 is 17.8 Å². The number of hydrogen-bond acceptors (Lipinski definition) is 8. The summed E-state index contributed by atoms with van der Waals surface area (Å²) in [6, 6.07) is 9.83. The SMILES string of the molecule is Cc1nn(C)cc1CN1CCN(c2nccnc2-c2ccccc2C#N)CC1.O=C(O)/C=C/C(=O)O. The fourth-order valence-electron chi connectivity index (χ4n) is 3.84. The van der Waals surface area contributed by atoms with Crippen LogP contribution in [0.15, 0.2) is 55.0 Å². The molecule has 0 aliphatic carbocycles. The van der Waals surface area contributed by atoms with E-state index < -0.39 is 11.9 Å². The second-order valence-electron chi connectivity index (χ2n) is 8.07. The van der Waals surface area contributed by atoms with E-state index in [-0.39, 0.29) is 0 Å². The van der Waals surface area contributed by atoms with Crippen LogP contribution in [0.5, 0.6) is 0 Å². The molecule has 0 bridgehead atoms. The van der Waals surface area contributed by atoms with E-state index in [0.717, 1.165) is 55.5 Å². The minimum atomic E-state index is -1.26. The number of carbonyl (C=O) groups is 2. The summed E-state index contributed by atoms with van der Waals surface area (Å²) in [5, 5.41) is 29.5. The molecule has 1 aliphatic rings. The molecule has 1 aliphatic heterocycles. The molecule has 3 heterocycles. The van der Waals surface area contributed by atoms with E-state index in [1.165, 1.54) is 5.56 Å². The van der Waals surface area contributed by atoms with Crippen molar-refractivity contribution in [2.45, 2.75) is 13.5 Å². The Balaban J connectivity index is 0.000000392. The van der Waals surface area contributed by atoms with Crippen LogP contribution in [0.3, 0.4) is 0 Å². The van der Waals surface area contributed by atoms with E-state index in [1.54, 1.807) is 12.4 Å². The topological polar surface area (TPSA) is 148 Å². The predicted octanol–water partition coefficient (Wildman–Crippen LogP) is 2.09. The normalized spacial score (nSPS) is 13.6. The second-order valence-corrected chi connectivity index (χ2v) is 8.07. The molecule has 36 heavy (non-hydrogen) atoms. The molecule has 1 aromatic carbocycles. The van der Waals surface area contributed by atoms with Crippen LogP contribution in [0.2, 0.25) is 0 Å². The van der Waals surface area contributed by atoms with Gasteiger partial charge in [0, 0.05) is 81.6 Å². The van der Waals surface area contributed by atoms with Gasteiger partial charge in [-0.15, -0.1) is 0 Å². The van der Waals surface area contributed by atoms with Gasteiger partial charge in [0.2, 0.25) is 0 Å². The van der Waals surface area contributed by atoms with E-state index in [1.807, 2.05) is 36.0 Å². The van der Waals surface area contributed by atoms with Gasteiger partial charge in [0.1, 0.15) is 5.69 Å². The molecule has 11 nitrogen and oxygen atoms in total. The Morgan fingerprint density at radius 2 is 1.69 bits per heavy atom. The molecule has 0 radical (unpaired) electrons. The Kier molecular flexibility index (Phi) is 8.85. The molecule has 1 saturated heterocycles. The van der Waals surface area contributed by atoms with Gasteiger partial charge in [-0.05, 0) is 13.0 Å². The molecular formula is C25H27N7O4. The van der Waals surface area contributed by atoms with Crippen molar-refractivity contribution in [3.8, 4) is 17.3 Å². The van der Waals surface area contributed by atoms with Gasteiger partial charge in [0.15, 0.2) is 5.82 Å². The van der Waals surface area contributed by atoms with Gasteiger partial charge in [-0.1, -0.05) is 18.2 Å². The van der Waals surface area contributed by atoms with Gasteiger partial charge < -0.3 is 15.1 Å². The smallest absolute Gasteiger partial charge is 0.328 e. The summed E-state index contributed by atoms with van der Waals surface area (Å²) >= 11 is 0. The Labute approximate surface area is 208 Å². The third-order valence-electron chi connectivity index (χ3n) is 5.53. The Bertz CT molecular complexity index is 1270. The first-order valence-corrected chi connectivity index (χ1v) is 11.2. The number of carboxylic acid groups (broad SMARTS) is 2. The number of benzene rings is 1. The van der Waals surface area contributed by atoms with Gasteiger partial charge in [-0.25, -0.2) is 14.6 Å². The summed E-state index contributed by atoms with van der Waals surface area (Å²) in [5.74, 6) is -1.66. The van der Waals surface area contributed by atoms with Gasteiger partial charge in [-0.3, -0.25) is 14.6 Å². The van der Waals surface area contributed by atoms with E-state index in [2.05, 4.69) is 44.1 Å². The minimum Gasteiger partial charge on any atom is -0.478 e. The quantitative estimate of drug-likeness (QED) is 0.493. The second kappa shape index (κ2) is 12.2. The first-order valence-electron chi connectivity index (χ1n) is 11.2. The number of anilines is 1. The van der Waals surface area contributed by atoms with Crippen molar-refractivity contribution in [2.75, 3.05) is 31.1 Å². The lowest BCUT2D eigenvalue weighted by Gasteiger charge is -2.35. The van der Waals surface area contributed by atoms with Crippen LogP contribution in [0.4, 0.5) is 5.82 Å². The number of aromatic nitrogens is 4. The zero-order chi connectivity index (χ0) is 26.1. The number of rotatable bonds is 6. The summed E-state index contributed by atoms with van der Waals surface area (Å²) in [7, 11) is 1.96. The molecule has 4 rings (SSSR count). The highest BCUT2D eigenvalue weighted by molar-refractivity contribution is 5.89. The van der Waals surface area contributed by atoms with E-state index in [0.29, 0.717) is 17.7 Å². The van der Waals surface area contributed by atoms with Crippen LogP contribution < -0.4 is 4.90 Å². The molecule has 2 aromatic heterocycles. The maximum absolute atomic E-state index is 9.55. The molecule has 0 spiro atoms. The number of aryl methyl sites for hydroxylation is 2. The first kappa shape index (κ1) is 26.1. The zero-order valence-electron chi connectivity index (χ0n) is 20.1. The van der Waals surface area contributed by atoms with Crippen LogP contribution in [0.25, 0.3) is 11.3 Å². The Morgan fingerprint density at radius 3 is 2.28 bits per heavy atom. The van der Waals surface area contributed by atoms with Crippen LogP contribution >= 0.6 is 0 Å². The molecule has 0 unspecified atom stereocenters. The molecule has 2 N–H and O–H groups in total. The number of hydrogen-bond donors (Lipinski definition) is 2. The minimum absolute atomic E-state index is 0.558. The summed E-state index contributed by atoms with van der Waals surface area (Å²) in [4.78, 5) is 33.0. The predicted molar refractivity (Wildman–Crippen MR) is 132 cm³/mol. The number of nitrogens with zero attached hydrogens (tertiary/aromatic N) is 7. The van der Waals surface area contributed by atoms with Gasteiger partial charge in [0.05, 0.1) is 17.3 Å². The van der Waals surface area contributed by atoms with Crippen LogP contribution in [-0.2, 0) is 23.2 Å². The van der Waals surface area contributed by atoms with Crippen molar-refractivity contribution in [1.29, 1.82) is 5.26 Å². The van der Waals surface area contributed by atoms with Crippen LogP contribution in [0, 0.1) is 18.3 Å². The highest BCUT2D eigenvalue weighted by Crippen LogP contribution is 2.29. The van der Waals surface area contributed by atoms with Gasteiger partial charge in [0.25, 0.3) is 0 Å². The largest absolute Gasteiger partial charge is 0.478 e. The molecule has 3 aromatic rings. The number of piperazine rings is 1. The van der Waals surface area contributed by atoms with Crippen molar-refractivity contribution in [3.63, 3.8) is 0 Å². The van der Waals surface area contributed by atoms with Gasteiger partial charge in [-0.2, -0.15) is 10.4 Å². The monoisotopic (exact) mass is 489 g/mol. The molecule has 0 atom stereocenters. The van der Waals surface area contributed by atoms with Crippen molar-refractivity contribution in [3.05, 3.63) is 71.8 Å². The molecule has 0 saturated carbocycles. The Morgan fingerprint density at radius 1 is 1.06 bits per heavy atom. The fraction of sp³-hybridized carbons (Fsp3) is 0.280. The van der Waals surface area contributed by atoms with Gasteiger partial charge >= 0.3 is 11.9 Å². The van der Waals surface area contributed by atoms with E-state index in [9.17, 15) is 14.9 Å². The van der Waals surface area contributed by atoms with Crippen LogP contribution in [-0.4, -0.2) is 73.0 Å². The third kappa shape index (κ3) is 6.97. The van der Waals surface area contributed by atoms with Crippen molar-refractivity contribution in [1.82, 2.24) is 24.6 Å². The lowest BCUT2D eigenvalue weighted by atomic mass is 10.0. The zero-order valence-corrected chi connectivity index (χ0v) is 20.1. The molecular weight excluding hydrogens is 462 g/mol. The lowest BCUT2D eigenvalue weighted by Crippen LogP contribution is -2.46. The third-order valence-corrected chi connectivity index (χ3v) is 5.53. The van der Waals surface area contributed by atoms with Crippen molar-refractivity contribution < 1.29 is 19.8 Å². The number of nitriles is 1. The van der Waals surface area contributed by atoms with E-state index >= 15 is 0 Å². The molecule has 1 fully saturated rings. The highest BCUT2D eigenvalue weighted by Gasteiger charge is 2.23. The maximum Gasteiger partial charge on any atom is 0.328 e. The number of aliphatic carboxylic acids is 2. The standard InChI is InChI=1S/C21H23N7.C4H4O4/c1-16-18(14-26(2)25-16)15-27-9-11-28(12-10-27)21-20(23-7-8-24-21)19-6-4-3-5-17(19)13-22;5-3(6)1-2-4(7)8/h3-8,14H,9-12,15H2,1-2H3;1-2H,(H,5,6)(H,7,8)/b;2-1+. The van der Waals surface area contributed by atoms with Crippen molar-refractivity contribution in [2.24, 2.45) is 7.05 Å². The van der Waals surface area contributed by atoms with E-state index in [4.69, 9.17) is 10.2 Å². The van der Waals surface area contributed by atoms with Crippen LogP contribution in [0.1, 0.15) is 16.8 Å². The fourth-order valence-corrected chi connectivity index (χ4v) is 3.84. The molecule has 0 amide bonds. The lowest BCUT2D eigenvalue weighted by molar-refractivity contribution is -0.134. The number of carboxylic acids is 2. The molecule has 11 heteroatoms. The Hall–Kier alpha value is -4.56. The molecule has 186 valence electrons. The average Bonchev–Trinajstić information content (AvgIpc) is 3.19. The highest BCUT2D eigenvalue weighted by atomic mass is 16.4. The summed E-state index contributed by atoms with van der Waals surface area (Å²) in [6.45, 7) is 6.62. The average molecular weight is 490 g/mol. The first-order chi connectivity index (χ1) is 17.3. The summed E-state index contributed by atoms with van der Waals surface area (Å²) < 4.78 is 1.87. The summed E-state index contributed by atoms with van der Waals surface area (Å²) in [6.07, 6.45) is 6.62. The maximum atomic E-state index is 9.55. The summed E-state index contributed by atoms with van der Waals surface area (Å²) in [5.41, 5.74) is 4.60.